The maximum atomic E-state index is 10.8. The van der Waals surface area contributed by atoms with E-state index in [1.807, 2.05) is 6.92 Å². The number of hydrogen-bond donors (Lipinski definition) is 2. The number of nitrogens with two attached hydrogens (primary N) is 1. The van der Waals surface area contributed by atoms with Gasteiger partial charge in [-0.3, -0.25) is 4.79 Å². The van der Waals surface area contributed by atoms with E-state index in [9.17, 15) is 4.79 Å². The molecule has 68 valence electrons. The van der Waals surface area contributed by atoms with Gasteiger partial charge in [0.25, 0.3) is 0 Å². The van der Waals surface area contributed by atoms with Gasteiger partial charge in [0.2, 0.25) is 5.91 Å². The molecule has 0 saturated heterocycles. The maximum Gasteiger partial charge on any atom is 0.246 e. The molecular formula is C9H16N2O. The van der Waals surface area contributed by atoms with Crippen LogP contribution in [0, 0.1) is 0 Å². The molecule has 0 saturated carbocycles. The molecular weight excluding hydrogens is 152 g/mol. The Balaban J connectivity index is 3.98. The normalized spacial score (nSPS) is 10.9. The van der Waals surface area contributed by atoms with E-state index in [2.05, 4.69) is 11.9 Å². The molecule has 3 heteroatoms. The van der Waals surface area contributed by atoms with E-state index in [0.29, 0.717) is 12.1 Å². The summed E-state index contributed by atoms with van der Waals surface area (Å²) in [7, 11) is 0. The second-order valence-electron chi connectivity index (χ2n) is 2.48. The summed E-state index contributed by atoms with van der Waals surface area (Å²) >= 11 is 0. The van der Waals surface area contributed by atoms with Crippen molar-refractivity contribution in [1.82, 2.24) is 5.32 Å². The lowest BCUT2D eigenvalue weighted by atomic mass is 10.1. The molecule has 0 heterocycles. The predicted octanol–water partition coefficient (Wildman–Crippen LogP) is 0.931. The molecule has 3 N–H and O–H groups in total. The SMILES string of the molecule is C=CCNC=C(CCC)C(N)=O. The van der Waals surface area contributed by atoms with Crippen molar-refractivity contribution in [2.45, 2.75) is 19.8 Å². The van der Waals surface area contributed by atoms with Gasteiger partial charge in [-0.05, 0) is 6.42 Å². The van der Waals surface area contributed by atoms with E-state index in [4.69, 9.17) is 5.73 Å². The summed E-state index contributed by atoms with van der Waals surface area (Å²) in [6.45, 7) is 6.20. The van der Waals surface area contributed by atoms with Crippen molar-refractivity contribution in [3.8, 4) is 0 Å². The van der Waals surface area contributed by atoms with Gasteiger partial charge in [-0.1, -0.05) is 19.4 Å². The summed E-state index contributed by atoms with van der Waals surface area (Å²) in [5.74, 6) is -0.353. The molecule has 0 radical (unpaired) electrons. The zero-order chi connectivity index (χ0) is 9.40. The van der Waals surface area contributed by atoms with Gasteiger partial charge in [0.1, 0.15) is 0 Å². The van der Waals surface area contributed by atoms with Crippen molar-refractivity contribution >= 4 is 5.91 Å². The topological polar surface area (TPSA) is 55.1 Å². The molecule has 0 aromatic heterocycles. The number of rotatable bonds is 6. The van der Waals surface area contributed by atoms with Gasteiger partial charge in [-0.2, -0.15) is 0 Å². The summed E-state index contributed by atoms with van der Waals surface area (Å²) in [5, 5.41) is 2.92. The van der Waals surface area contributed by atoms with Crippen molar-refractivity contribution in [3.05, 3.63) is 24.4 Å². The Morgan fingerprint density at radius 1 is 1.67 bits per heavy atom. The molecule has 0 aliphatic carbocycles. The highest BCUT2D eigenvalue weighted by atomic mass is 16.1. The Bertz CT molecular complexity index is 185. The van der Waals surface area contributed by atoms with Crippen LogP contribution >= 0.6 is 0 Å². The second-order valence-corrected chi connectivity index (χ2v) is 2.48. The number of nitrogens with one attached hydrogen (secondary N) is 1. The average molecular weight is 168 g/mol. The summed E-state index contributed by atoms with van der Waals surface area (Å²) < 4.78 is 0. The molecule has 0 rings (SSSR count). The van der Waals surface area contributed by atoms with E-state index in [1.54, 1.807) is 12.3 Å². The maximum absolute atomic E-state index is 10.8. The fourth-order valence-corrected chi connectivity index (χ4v) is 0.801. The molecule has 0 atom stereocenters. The minimum Gasteiger partial charge on any atom is -0.387 e. The summed E-state index contributed by atoms with van der Waals surface area (Å²) in [6, 6.07) is 0. The number of primary amides is 1. The summed E-state index contributed by atoms with van der Waals surface area (Å²) in [5.41, 5.74) is 5.77. The minimum atomic E-state index is -0.353. The first-order valence-corrected chi connectivity index (χ1v) is 4.05. The zero-order valence-corrected chi connectivity index (χ0v) is 7.47. The quantitative estimate of drug-likeness (QED) is 0.352. The highest BCUT2D eigenvalue weighted by Gasteiger charge is 2.01. The highest BCUT2D eigenvalue weighted by Crippen LogP contribution is 2.01. The predicted molar refractivity (Wildman–Crippen MR) is 50.4 cm³/mol. The smallest absolute Gasteiger partial charge is 0.246 e. The highest BCUT2D eigenvalue weighted by molar-refractivity contribution is 5.91. The number of hydrogen-bond acceptors (Lipinski definition) is 2. The fourth-order valence-electron chi connectivity index (χ4n) is 0.801. The minimum absolute atomic E-state index is 0.353. The van der Waals surface area contributed by atoms with Crippen molar-refractivity contribution < 1.29 is 4.79 Å². The van der Waals surface area contributed by atoms with Crippen LogP contribution in [0.2, 0.25) is 0 Å². The first-order chi connectivity index (χ1) is 5.72. The van der Waals surface area contributed by atoms with Gasteiger partial charge >= 0.3 is 0 Å². The van der Waals surface area contributed by atoms with E-state index in [1.165, 1.54) is 0 Å². The lowest BCUT2D eigenvalue weighted by Crippen LogP contribution is -2.17. The van der Waals surface area contributed by atoms with Crippen LogP contribution < -0.4 is 11.1 Å². The Hall–Kier alpha value is -1.25. The van der Waals surface area contributed by atoms with Crippen molar-refractivity contribution in [2.75, 3.05) is 6.54 Å². The van der Waals surface area contributed by atoms with Crippen molar-refractivity contribution in [2.24, 2.45) is 5.73 Å². The molecule has 12 heavy (non-hydrogen) atoms. The third-order valence-corrected chi connectivity index (χ3v) is 1.37. The van der Waals surface area contributed by atoms with E-state index < -0.39 is 0 Å². The molecule has 0 aliphatic rings. The number of carbonyl (C=O) groups is 1. The van der Waals surface area contributed by atoms with Crippen molar-refractivity contribution in [3.63, 3.8) is 0 Å². The van der Waals surface area contributed by atoms with Crippen LogP contribution in [0.15, 0.2) is 24.4 Å². The van der Waals surface area contributed by atoms with Crippen LogP contribution in [0.25, 0.3) is 0 Å². The molecule has 0 aromatic rings. The summed E-state index contributed by atoms with van der Waals surface area (Å²) in [6.07, 6.45) is 5.03. The van der Waals surface area contributed by atoms with Crippen LogP contribution in [0.1, 0.15) is 19.8 Å². The van der Waals surface area contributed by atoms with Crippen LogP contribution in [-0.4, -0.2) is 12.5 Å². The lowest BCUT2D eigenvalue weighted by Gasteiger charge is -2.01. The number of carbonyl (C=O) groups excluding carboxylic acids is 1. The first kappa shape index (κ1) is 10.8. The molecule has 1 amide bonds. The van der Waals surface area contributed by atoms with Gasteiger partial charge in [0, 0.05) is 18.3 Å². The van der Waals surface area contributed by atoms with Gasteiger partial charge in [0.15, 0.2) is 0 Å². The molecule has 0 spiro atoms. The van der Waals surface area contributed by atoms with Crippen LogP contribution in [0.5, 0.6) is 0 Å². The second kappa shape index (κ2) is 6.46. The third kappa shape index (κ3) is 4.55. The Labute approximate surface area is 73.3 Å². The Morgan fingerprint density at radius 3 is 2.75 bits per heavy atom. The van der Waals surface area contributed by atoms with Gasteiger partial charge in [0.05, 0.1) is 0 Å². The Kier molecular flexibility index (Phi) is 5.79. The van der Waals surface area contributed by atoms with E-state index in [0.717, 1.165) is 12.8 Å². The standard InChI is InChI=1S/C9H16N2O/c1-3-5-8(9(10)12)7-11-6-4-2/h4,7,11H,2-3,5-6H2,1H3,(H2,10,12). The fraction of sp³-hybridized carbons (Fsp3) is 0.444. The molecule has 0 unspecified atom stereocenters. The molecule has 3 nitrogen and oxygen atoms in total. The lowest BCUT2D eigenvalue weighted by molar-refractivity contribution is -0.114. The van der Waals surface area contributed by atoms with Crippen LogP contribution in [0.3, 0.4) is 0 Å². The molecule has 0 bridgehead atoms. The van der Waals surface area contributed by atoms with E-state index in [-0.39, 0.29) is 5.91 Å². The number of amides is 1. The van der Waals surface area contributed by atoms with Gasteiger partial charge in [-0.25, -0.2) is 0 Å². The van der Waals surface area contributed by atoms with Crippen LogP contribution in [-0.2, 0) is 4.79 Å². The summed E-state index contributed by atoms with van der Waals surface area (Å²) in [4.78, 5) is 10.8. The van der Waals surface area contributed by atoms with Gasteiger partial charge in [-0.15, -0.1) is 6.58 Å². The van der Waals surface area contributed by atoms with E-state index >= 15 is 0 Å². The molecule has 0 aromatic carbocycles. The average Bonchev–Trinajstić information content (AvgIpc) is 2.03. The zero-order valence-electron chi connectivity index (χ0n) is 7.47. The Morgan fingerprint density at radius 2 is 2.33 bits per heavy atom. The monoisotopic (exact) mass is 168 g/mol. The third-order valence-electron chi connectivity index (χ3n) is 1.37. The largest absolute Gasteiger partial charge is 0.387 e. The van der Waals surface area contributed by atoms with Crippen LogP contribution in [0.4, 0.5) is 0 Å². The molecule has 0 aliphatic heterocycles. The van der Waals surface area contributed by atoms with Crippen molar-refractivity contribution in [1.29, 1.82) is 0 Å². The first-order valence-electron chi connectivity index (χ1n) is 4.05. The van der Waals surface area contributed by atoms with Gasteiger partial charge < -0.3 is 11.1 Å². The molecule has 0 fully saturated rings.